The minimum atomic E-state index is 0.0302. The number of amides is 1. The Kier molecular flexibility index (Phi) is 4.85. The number of carbonyl (C=O) groups excluding carboxylic acids is 1. The van der Waals surface area contributed by atoms with Crippen molar-refractivity contribution in [1.29, 1.82) is 0 Å². The Balaban J connectivity index is 1.35. The molecule has 1 saturated carbocycles. The number of aryl methyl sites for hydroxylation is 1. The maximum Gasteiger partial charge on any atom is 0.253 e. The molecule has 1 aromatic heterocycles. The zero-order valence-corrected chi connectivity index (χ0v) is 17.5. The third kappa shape index (κ3) is 3.30. The van der Waals surface area contributed by atoms with Crippen LogP contribution in [0.4, 0.5) is 0 Å². The van der Waals surface area contributed by atoms with Crippen molar-refractivity contribution >= 4 is 16.9 Å². The summed E-state index contributed by atoms with van der Waals surface area (Å²) >= 11 is 0. The molecule has 2 aliphatic rings. The van der Waals surface area contributed by atoms with Crippen LogP contribution in [0.5, 0.6) is 11.5 Å². The number of fused-ring (bicyclic) bond motifs is 2. The fourth-order valence-corrected chi connectivity index (χ4v) is 4.83. The van der Waals surface area contributed by atoms with Gasteiger partial charge in [-0.25, -0.2) is 4.98 Å². The maximum atomic E-state index is 13.2. The van der Waals surface area contributed by atoms with E-state index in [1.54, 1.807) is 6.07 Å². The highest BCUT2D eigenvalue weighted by atomic mass is 16.6. The second-order valence-electron chi connectivity index (χ2n) is 8.31. The number of hydrogen-bond acceptors (Lipinski definition) is 4. The van der Waals surface area contributed by atoms with E-state index in [-0.39, 0.29) is 11.9 Å². The molecule has 1 amide bonds. The van der Waals surface area contributed by atoms with Crippen LogP contribution in [0.15, 0.2) is 42.5 Å². The lowest BCUT2D eigenvalue weighted by Gasteiger charge is -2.35. The average Bonchev–Trinajstić information content (AvgIpc) is 3.14. The van der Waals surface area contributed by atoms with E-state index in [1.807, 2.05) is 30.1 Å². The van der Waals surface area contributed by atoms with Crippen molar-refractivity contribution in [2.24, 2.45) is 7.05 Å². The second kappa shape index (κ2) is 7.67. The molecule has 0 radical (unpaired) electrons. The lowest BCUT2D eigenvalue weighted by Crippen LogP contribution is -2.40. The smallest absolute Gasteiger partial charge is 0.253 e. The Bertz CT molecular complexity index is 1090. The molecular formula is C24H27N3O3. The highest BCUT2D eigenvalue weighted by Crippen LogP contribution is 2.36. The molecule has 2 heterocycles. The Morgan fingerprint density at radius 1 is 1.10 bits per heavy atom. The van der Waals surface area contributed by atoms with Crippen LogP contribution in [0.1, 0.15) is 47.8 Å². The number of para-hydroxylation sites is 2. The van der Waals surface area contributed by atoms with E-state index < -0.39 is 0 Å². The summed E-state index contributed by atoms with van der Waals surface area (Å²) in [7, 11) is 4.01. The lowest BCUT2D eigenvalue weighted by atomic mass is 9.84. The summed E-state index contributed by atoms with van der Waals surface area (Å²) in [4.78, 5) is 20.0. The van der Waals surface area contributed by atoms with Gasteiger partial charge < -0.3 is 18.9 Å². The van der Waals surface area contributed by atoms with Crippen LogP contribution in [0, 0.1) is 0 Å². The molecule has 3 aromatic rings. The lowest BCUT2D eigenvalue weighted by molar-refractivity contribution is 0.0683. The molecule has 1 aliphatic heterocycles. The molecule has 5 rings (SSSR count). The van der Waals surface area contributed by atoms with Gasteiger partial charge in [-0.15, -0.1) is 0 Å². The number of hydrogen-bond donors (Lipinski definition) is 0. The number of rotatable bonds is 3. The number of benzene rings is 2. The van der Waals surface area contributed by atoms with Crippen molar-refractivity contribution < 1.29 is 14.3 Å². The topological polar surface area (TPSA) is 56.6 Å². The standard InChI is InChI=1S/C24H27N3O3/c1-26(24(28)17-10-11-21-22(15-17)30-13-12-29-21)18-7-5-6-16(14-18)23-25-19-8-3-4-9-20(19)27(23)2/h3-4,8-11,15-16,18H,5-7,12-14H2,1-2H3. The predicted molar refractivity (Wildman–Crippen MR) is 115 cm³/mol. The largest absolute Gasteiger partial charge is 0.486 e. The first-order valence-electron chi connectivity index (χ1n) is 10.7. The quantitative estimate of drug-likeness (QED) is 0.657. The van der Waals surface area contributed by atoms with Crippen molar-refractivity contribution in [1.82, 2.24) is 14.5 Å². The van der Waals surface area contributed by atoms with Crippen molar-refractivity contribution in [3.63, 3.8) is 0 Å². The van der Waals surface area contributed by atoms with Gasteiger partial charge in [0.15, 0.2) is 11.5 Å². The molecule has 1 aliphatic carbocycles. The van der Waals surface area contributed by atoms with Crippen molar-refractivity contribution in [3.8, 4) is 11.5 Å². The Morgan fingerprint density at radius 3 is 2.73 bits per heavy atom. The van der Waals surface area contributed by atoms with E-state index in [9.17, 15) is 4.79 Å². The monoisotopic (exact) mass is 405 g/mol. The van der Waals surface area contributed by atoms with Crippen LogP contribution in [0.25, 0.3) is 11.0 Å². The number of ether oxygens (including phenoxy) is 2. The summed E-state index contributed by atoms with van der Waals surface area (Å²) in [5.41, 5.74) is 2.85. The van der Waals surface area contributed by atoms with E-state index in [4.69, 9.17) is 14.5 Å². The molecule has 2 aromatic carbocycles. The van der Waals surface area contributed by atoms with Gasteiger partial charge in [-0.1, -0.05) is 18.6 Å². The maximum absolute atomic E-state index is 13.2. The summed E-state index contributed by atoms with van der Waals surface area (Å²) in [5.74, 6) is 2.88. The van der Waals surface area contributed by atoms with Crippen molar-refractivity contribution in [2.75, 3.05) is 20.3 Å². The number of imidazole rings is 1. The first-order valence-corrected chi connectivity index (χ1v) is 10.7. The van der Waals surface area contributed by atoms with E-state index in [1.165, 1.54) is 0 Å². The molecule has 0 N–H and O–H groups in total. The Hall–Kier alpha value is -3.02. The fourth-order valence-electron chi connectivity index (χ4n) is 4.83. The summed E-state index contributed by atoms with van der Waals surface area (Å²) in [6, 6.07) is 13.9. The minimum Gasteiger partial charge on any atom is -0.486 e. The van der Waals surface area contributed by atoms with Crippen molar-refractivity contribution in [2.45, 2.75) is 37.6 Å². The number of nitrogens with zero attached hydrogens (tertiary/aromatic N) is 3. The van der Waals surface area contributed by atoms with Gasteiger partial charge in [0.1, 0.15) is 19.0 Å². The van der Waals surface area contributed by atoms with Crippen LogP contribution in [0.3, 0.4) is 0 Å². The second-order valence-corrected chi connectivity index (χ2v) is 8.31. The highest BCUT2D eigenvalue weighted by molar-refractivity contribution is 5.95. The van der Waals surface area contributed by atoms with E-state index in [0.29, 0.717) is 36.2 Å². The summed E-state index contributed by atoms with van der Waals surface area (Å²) in [5, 5.41) is 0. The fraction of sp³-hybridized carbons (Fsp3) is 0.417. The first kappa shape index (κ1) is 19.0. The zero-order chi connectivity index (χ0) is 20.7. The summed E-state index contributed by atoms with van der Waals surface area (Å²) < 4.78 is 13.4. The molecule has 6 heteroatoms. The van der Waals surface area contributed by atoms with Gasteiger partial charge in [0.2, 0.25) is 0 Å². The Morgan fingerprint density at radius 2 is 1.90 bits per heavy atom. The molecule has 2 unspecified atom stereocenters. The summed E-state index contributed by atoms with van der Waals surface area (Å²) in [6.45, 7) is 1.06. The number of aromatic nitrogens is 2. The molecule has 6 nitrogen and oxygen atoms in total. The molecule has 0 bridgehead atoms. The van der Waals surface area contributed by atoms with Gasteiger partial charge in [-0.3, -0.25) is 4.79 Å². The minimum absolute atomic E-state index is 0.0302. The molecular weight excluding hydrogens is 378 g/mol. The van der Waals surface area contributed by atoms with Crippen LogP contribution in [-0.4, -0.2) is 46.7 Å². The first-order chi connectivity index (χ1) is 14.6. The molecule has 1 fully saturated rings. The number of carbonyl (C=O) groups is 1. The molecule has 0 spiro atoms. The van der Waals surface area contributed by atoms with Gasteiger partial charge in [0.05, 0.1) is 11.0 Å². The summed E-state index contributed by atoms with van der Waals surface area (Å²) in [6.07, 6.45) is 4.16. The van der Waals surface area contributed by atoms with Crippen LogP contribution in [0.2, 0.25) is 0 Å². The SMILES string of the molecule is CN(C(=O)c1ccc2c(c1)OCCO2)C1CCCC(c2nc3ccccc3n2C)C1. The van der Waals surface area contributed by atoms with Gasteiger partial charge >= 0.3 is 0 Å². The third-order valence-electron chi connectivity index (χ3n) is 6.49. The molecule has 2 atom stereocenters. The molecule has 0 saturated heterocycles. The van der Waals surface area contributed by atoms with E-state index >= 15 is 0 Å². The van der Waals surface area contributed by atoms with Crippen LogP contribution in [-0.2, 0) is 7.05 Å². The Labute approximate surface area is 176 Å². The third-order valence-corrected chi connectivity index (χ3v) is 6.49. The van der Waals surface area contributed by atoms with Crippen LogP contribution < -0.4 is 9.47 Å². The van der Waals surface area contributed by atoms with Crippen LogP contribution >= 0.6 is 0 Å². The van der Waals surface area contributed by atoms with E-state index in [2.05, 4.69) is 29.8 Å². The van der Waals surface area contributed by atoms with Crippen molar-refractivity contribution in [3.05, 3.63) is 53.9 Å². The molecule has 156 valence electrons. The molecule has 30 heavy (non-hydrogen) atoms. The van der Waals surface area contributed by atoms with E-state index in [0.717, 1.165) is 42.5 Å². The van der Waals surface area contributed by atoms with Gasteiger partial charge in [0.25, 0.3) is 5.91 Å². The van der Waals surface area contributed by atoms with Gasteiger partial charge in [0, 0.05) is 31.6 Å². The van der Waals surface area contributed by atoms with Gasteiger partial charge in [-0.05, 0) is 49.6 Å². The highest BCUT2D eigenvalue weighted by Gasteiger charge is 2.31. The predicted octanol–water partition coefficient (Wildman–Crippen LogP) is 4.14. The normalized spacial score (nSPS) is 20.9. The average molecular weight is 405 g/mol. The zero-order valence-electron chi connectivity index (χ0n) is 17.5. The van der Waals surface area contributed by atoms with Gasteiger partial charge in [-0.2, -0.15) is 0 Å².